The fourth-order valence-electron chi connectivity index (χ4n) is 1.91. The highest BCUT2D eigenvalue weighted by atomic mass is 16.5. The van der Waals surface area contributed by atoms with Crippen molar-refractivity contribution in [3.63, 3.8) is 0 Å². The third-order valence-electron chi connectivity index (χ3n) is 2.83. The summed E-state index contributed by atoms with van der Waals surface area (Å²) in [5.41, 5.74) is 3.69. The van der Waals surface area contributed by atoms with Crippen LogP contribution < -0.4 is 11.3 Å². The van der Waals surface area contributed by atoms with Gasteiger partial charge in [-0.2, -0.15) is 0 Å². The summed E-state index contributed by atoms with van der Waals surface area (Å²) in [6.45, 7) is 0.735. The summed E-state index contributed by atoms with van der Waals surface area (Å²) >= 11 is 0. The smallest absolute Gasteiger partial charge is 0.134 e. The van der Waals surface area contributed by atoms with Crippen LogP contribution in [-0.4, -0.2) is 13.7 Å². The zero-order valence-corrected chi connectivity index (χ0v) is 9.98. The van der Waals surface area contributed by atoms with Gasteiger partial charge in [-0.3, -0.25) is 5.84 Å². The molecule has 0 saturated carbocycles. The number of hydrogen-bond donors (Lipinski definition) is 2. The summed E-state index contributed by atoms with van der Waals surface area (Å²) < 4.78 is 10.8. The van der Waals surface area contributed by atoms with E-state index in [0.29, 0.717) is 0 Å². The molecule has 17 heavy (non-hydrogen) atoms. The molecular weight excluding hydrogens is 216 g/mol. The Bertz CT molecular complexity index is 434. The van der Waals surface area contributed by atoms with Crippen LogP contribution in [0.5, 0.6) is 0 Å². The first kappa shape index (κ1) is 12.1. The van der Waals surface area contributed by atoms with E-state index in [-0.39, 0.29) is 6.04 Å². The van der Waals surface area contributed by atoms with E-state index in [1.165, 1.54) is 0 Å². The minimum absolute atomic E-state index is 0.0394. The van der Waals surface area contributed by atoms with Crippen molar-refractivity contribution in [3.05, 3.63) is 36.1 Å². The summed E-state index contributed by atoms with van der Waals surface area (Å²) in [7, 11) is 1.70. The van der Waals surface area contributed by atoms with Crippen molar-refractivity contribution >= 4 is 11.0 Å². The molecule has 0 aliphatic rings. The number of methoxy groups -OCH3 is 1. The SMILES string of the molecule is COCCCC(NN)c1cc2ccccc2o1. The summed E-state index contributed by atoms with van der Waals surface area (Å²) in [6, 6.07) is 10.0. The van der Waals surface area contributed by atoms with Crippen molar-refractivity contribution in [2.75, 3.05) is 13.7 Å². The van der Waals surface area contributed by atoms with Crippen LogP contribution in [0.1, 0.15) is 24.6 Å². The fourth-order valence-corrected chi connectivity index (χ4v) is 1.91. The van der Waals surface area contributed by atoms with Gasteiger partial charge in [0.2, 0.25) is 0 Å². The Morgan fingerprint density at radius 2 is 2.24 bits per heavy atom. The quantitative estimate of drug-likeness (QED) is 0.457. The molecule has 0 amide bonds. The Hall–Kier alpha value is -1.36. The van der Waals surface area contributed by atoms with Gasteiger partial charge in [-0.15, -0.1) is 0 Å². The molecule has 1 unspecified atom stereocenters. The van der Waals surface area contributed by atoms with Gasteiger partial charge < -0.3 is 9.15 Å². The van der Waals surface area contributed by atoms with Gasteiger partial charge in [-0.1, -0.05) is 18.2 Å². The van der Waals surface area contributed by atoms with Gasteiger partial charge in [0.15, 0.2) is 0 Å². The van der Waals surface area contributed by atoms with Crippen molar-refractivity contribution < 1.29 is 9.15 Å². The summed E-state index contributed by atoms with van der Waals surface area (Å²) in [6.07, 6.45) is 1.84. The predicted molar refractivity (Wildman–Crippen MR) is 67.4 cm³/mol. The number of hydrazine groups is 1. The Morgan fingerprint density at radius 3 is 2.94 bits per heavy atom. The van der Waals surface area contributed by atoms with Crippen molar-refractivity contribution in [2.45, 2.75) is 18.9 Å². The Balaban J connectivity index is 2.12. The third-order valence-corrected chi connectivity index (χ3v) is 2.83. The van der Waals surface area contributed by atoms with Crippen LogP contribution in [0.2, 0.25) is 0 Å². The Labute approximate surface area is 101 Å². The summed E-state index contributed by atoms with van der Waals surface area (Å²) in [5.74, 6) is 6.44. The highest BCUT2D eigenvalue weighted by molar-refractivity contribution is 5.77. The summed E-state index contributed by atoms with van der Waals surface area (Å²) in [4.78, 5) is 0. The average Bonchev–Trinajstić information content (AvgIpc) is 2.78. The van der Waals surface area contributed by atoms with Crippen molar-refractivity contribution in [1.29, 1.82) is 0 Å². The predicted octanol–water partition coefficient (Wildman–Crippen LogP) is 2.36. The fraction of sp³-hybridized carbons (Fsp3) is 0.385. The molecule has 2 rings (SSSR count). The lowest BCUT2D eigenvalue weighted by Crippen LogP contribution is -2.27. The molecule has 2 aromatic rings. The molecule has 0 radical (unpaired) electrons. The molecule has 1 heterocycles. The van der Waals surface area contributed by atoms with Gasteiger partial charge in [0, 0.05) is 19.1 Å². The second-order valence-corrected chi connectivity index (χ2v) is 4.04. The van der Waals surface area contributed by atoms with E-state index < -0.39 is 0 Å². The first-order valence-electron chi connectivity index (χ1n) is 5.78. The normalized spacial score (nSPS) is 13.1. The number of hydrogen-bond acceptors (Lipinski definition) is 4. The summed E-state index contributed by atoms with van der Waals surface area (Å²) in [5, 5.41) is 1.11. The number of para-hydroxylation sites is 1. The minimum atomic E-state index is 0.0394. The molecular formula is C13H18N2O2. The van der Waals surface area contributed by atoms with E-state index in [4.69, 9.17) is 15.0 Å². The molecule has 0 spiro atoms. The maximum Gasteiger partial charge on any atom is 0.134 e. The lowest BCUT2D eigenvalue weighted by atomic mass is 10.1. The molecule has 0 bridgehead atoms. The first-order valence-corrected chi connectivity index (χ1v) is 5.78. The highest BCUT2D eigenvalue weighted by Crippen LogP contribution is 2.25. The number of furan rings is 1. The zero-order chi connectivity index (χ0) is 12.1. The lowest BCUT2D eigenvalue weighted by Gasteiger charge is -2.12. The van der Waals surface area contributed by atoms with Crippen LogP contribution in [0, 0.1) is 0 Å². The molecule has 3 N–H and O–H groups in total. The monoisotopic (exact) mass is 234 g/mol. The third kappa shape index (κ3) is 2.85. The van der Waals surface area contributed by atoms with Gasteiger partial charge in [-0.05, 0) is 25.0 Å². The molecule has 4 nitrogen and oxygen atoms in total. The maximum atomic E-state index is 5.77. The molecule has 92 valence electrons. The van der Waals surface area contributed by atoms with Crippen LogP contribution in [0.3, 0.4) is 0 Å². The molecule has 1 atom stereocenters. The van der Waals surface area contributed by atoms with Gasteiger partial charge in [-0.25, -0.2) is 5.43 Å². The van der Waals surface area contributed by atoms with Crippen LogP contribution >= 0.6 is 0 Å². The van der Waals surface area contributed by atoms with Crippen LogP contribution in [-0.2, 0) is 4.74 Å². The first-order chi connectivity index (χ1) is 8.35. The molecule has 4 heteroatoms. The second kappa shape index (κ2) is 5.82. The van der Waals surface area contributed by atoms with Crippen LogP contribution in [0.25, 0.3) is 11.0 Å². The maximum absolute atomic E-state index is 5.77. The standard InChI is InChI=1S/C13H18N2O2/c1-16-8-4-6-11(15-14)13-9-10-5-2-3-7-12(10)17-13/h2-3,5,7,9,11,15H,4,6,8,14H2,1H3. The van der Waals surface area contributed by atoms with E-state index in [0.717, 1.165) is 36.2 Å². The van der Waals surface area contributed by atoms with Crippen LogP contribution in [0.4, 0.5) is 0 Å². The van der Waals surface area contributed by atoms with E-state index in [2.05, 4.69) is 5.43 Å². The topological polar surface area (TPSA) is 60.4 Å². The van der Waals surface area contributed by atoms with Crippen molar-refractivity contribution in [1.82, 2.24) is 5.43 Å². The number of fused-ring (bicyclic) bond motifs is 1. The van der Waals surface area contributed by atoms with E-state index in [1.54, 1.807) is 7.11 Å². The van der Waals surface area contributed by atoms with Crippen molar-refractivity contribution in [3.8, 4) is 0 Å². The number of benzene rings is 1. The second-order valence-electron chi connectivity index (χ2n) is 4.04. The van der Waals surface area contributed by atoms with Crippen LogP contribution in [0.15, 0.2) is 34.7 Å². The Morgan fingerprint density at radius 1 is 1.41 bits per heavy atom. The van der Waals surface area contributed by atoms with Crippen molar-refractivity contribution in [2.24, 2.45) is 5.84 Å². The number of nitrogens with two attached hydrogens (primary N) is 1. The van der Waals surface area contributed by atoms with E-state index >= 15 is 0 Å². The average molecular weight is 234 g/mol. The number of nitrogens with one attached hydrogen (secondary N) is 1. The van der Waals surface area contributed by atoms with Gasteiger partial charge in [0.1, 0.15) is 11.3 Å². The van der Waals surface area contributed by atoms with Gasteiger partial charge in [0.05, 0.1) is 6.04 Å². The zero-order valence-electron chi connectivity index (χ0n) is 9.98. The van der Waals surface area contributed by atoms with Gasteiger partial charge in [0.25, 0.3) is 0 Å². The lowest BCUT2D eigenvalue weighted by molar-refractivity contribution is 0.187. The Kier molecular flexibility index (Phi) is 4.14. The molecule has 0 saturated heterocycles. The minimum Gasteiger partial charge on any atom is -0.459 e. The largest absolute Gasteiger partial charge is 0.459 e. The number of rotatable bonds is 6. The molecule has 0 aliphatic carbocycles. The van der Waals surface area contributed by atoms with Gasteiger partial charge >= 0.3 is 0 Å². The molecule has 1 aromatic carbocycles. The molecule has 0 fully saturated rings. The highest BCUT2D eigenvalue weighted by Gasteiger charge is 2.14. The molecule has 0 aliphatic heterocycles. The molecule has 1 aromatic heterocycles. The number of ether oxygens (including phenoxy) is 1. The van der Waals surface area contributed by atoms with E-state index in [9.17, 15) is 0 Å². The van der Waals surface area contributed by atoms with E-state index in [1.807, 2.05) is 30.3 Å².